The van der Waals surface area contributed by atoms with E-state index in [0.29, 0.717) is 12.2 Å². The Morgan fingerprint density at radius 1 is 1.40 bits per heavy atom. The number of carbonyl (C=O) groups excluding carboxylic acids is 1. The number of rotatable bonds is 5. The number of aliphatic hydroxyl groups excluding tert-OH is 1. The molecule has 0 saturated carbocycles. The summed E-state index contributed by atoms with van der Waals surface area (Å²) in [6.07, 6.45) is 2.06. The van der Waals surface area contributed by atoms with Gasteiger partial charge in [0.25, 0.3) is 5.91 Å². The van der Waals surface area contributed by atoms with E-state index < -0.39 is 0 Å². The zero-order valence-electron chi connectivity index (χ0n) is 12.2. The van der Waals surface area contributed by atoms with Crippen LogP contribution in [0.5, 0.6) is 0 Å². The number of likely N-dealkylation sites (tertiary alicyclic amines) is 1. The SMILES string of the molecule is CC(C)OCc1ccc(C(=O)N2CCC[C@@H]2CO)cc1. The van der Waals surface area contributed by atoms with Crippen LogP contribution in [0, 0.1) is 0 Å². The fourth-order valence-corrected chi connectivity index (χ4v) is 2.47. The van der Waals surface area contributed by atoms with E-state index in [4.69, 9.17) is 4.74 Å². The number of ether oxygens (including phenoxy) is 1. The van der Waals surface area contributed by atoms with Crippen LogP contribution in [0.1, 0.15) is 42.6 Å². The summed E-state index contributed by atoms with van der Waals surface area (Å²) in [6, 6.07) is 7.52. The smallest absolute Gasteiger partial charge is 0.254 e. The molecule has 1 saturated heterocycles. The first kappa shape index (κ1) is 15.0. The van der Waals surface area contributed by atoms with Gasteiger partial charge in [-0.25, -0.2) is 0 Å². The van der Waals surface area contributed by atoms with Crippen molar-refractivity contribution in [1.29, 1.82) is 0 Å². The van der Waals surface area contributed by atoms with Crippen molar-refractivity contribution >= 4 is 5.91 Å². The summed E-state index contributed by atoms with van der Waals surface area (Å²) in [5, 5.41) is 9.29. The van der Waals surface area contributed by atoms with Gasteiger partial charge in [-0.05, 0) is 44.4 Å². The maximum absolute atomic E-state index is 12.4. The zero-order valence-corrected chi connectivity index (χ0v) is 12.2. The number of carbonyl (C=O) groups is 1. The van der Waals surface area contributed by atoms with Crippen molar-refractivity contribution in [3.05, 3.63) is 35.4 Å². The van der Waals surface area contributed by atoms with Gasteiger partial charge in [0.1, 0.15) is 0 Å². The van der Waals surface area contributed by atoms with Gasteiger partial charge in [-0.3, -0.25) is 4.79 Å². The largest absolute Gasteiger partial charge is 0.394 e. The van der Waals surface area contributed by atoms with E-state index in [2.05, 4.69) is 0 Å². The minimum Gasteiger partial charge on any atom is -0.394 e. The zero-order chi connectivity index (χ0) is 14.5. The minimum absolute atomic E-state index is 0.0119. The normalized spacial score (nSPS) is 18.8. The summed E-state index contributed by atoms with van der Waals surface area (Å²) in [7, 11) is 0. The van der Waals surface area contributed by atoms with Crippen molar-refractivity contribution < 1.29 is 14.6 Å². The molecule has 1 aliphatic heterocycles. The maximum atomic E-state index is 12.4. The highest BCUT2D eigenvalue weighted by Crippen LogP contribution is 2.20. The standard InChI is InChI=1S/C16H23NO3/c1-12(2)20-11-13-5-7-14(8-6-13)16(19)17-9-3-4-15(17)10-18/h5-8,12,15,18H,3-4,9-11H2,1-2H3/t15-/m1/s1. The molecule has 1 fully saturated rings. The highest BCUT2D eigenvalue weighted by atomic mass is 16.5. The maximum Gasteiger partial charge on any atom is 0.254 e. The Morgan fingerprint density at radius 3 is 2.70 bits per heavy atom. The van der Waals surface area contributed by atoms with Gasteiger partial charge in [0.05, 0.1) is 25.4 Å². The Balaban J connectivity index is 2.00. The molecule has 1 atom stereocenters. The van der Waals surface area contributed by atoms with E-state index in [0.717, 1.165) is 24.9 Å². The molecule has 0 aromatic heterocycles. The Kier molecular flexibility index (Phi) is 5.15. The lowest BCUT2D eigenvalue weighted by atomic mass is 10.1. The van der Waals surface area contributed by atoms with Gasteiger partial charge >= 0.3 is 0 Å². The fraction of sp³-hybridized carbons (Fsp3) is 0.562. The lowest BCUT2D eigenvalue weighted by molar-refractivity contribution is 0.0652. The van der Waals surface area contributed by atoms with Crippen LogP contribution in [0.4, 0.5) is 0 Å². The first-order chi connectivity index (χ1) is 9.61. The highest BCUT2D eigenvalue weighted by molar-refractivity contribution is 5.94. The van der Waals surface area contributed by atoms with Gasteiger partial charge in [0.15, 0.2) is 0 Å². The molecule has 0 unspecified atom stereocenters. The quantitative estimate of drug-likeness (QED) is 0.897. The fourth-order valence-electron chi connectivity index (χ4n) is 2.47. The molecule has 2 rings (SSSR count). The summed E-state index contributed by atoms with van der Waals surface area (Å²) in [4.78, 5) is 14.2. The van der Waals surface area contributed by atoms with Crippen molar-refractivity contribution in [2.75, 3.05) is 13.2 Å². The number of hydrogen-bond donors (Lipinski definition) is 1. The van der Waals surface area contributed by atoms with Crippen molar-refractivity contribution in [2.45, 2.75) is 45.4 Å². The minimum atomic E-state index is -0.0218. The first-order valence-electron chi connectivity index (χ1n) is 7.24. The molecule has 0 spiro atoms. The molecule has 1 N–H and O–H groups in total. The number of aliphatic hydroxyl groups is 1. The molecule has 0 bridgehead atoms. The van der Waals surface area contributed by atoms with Crippen LogP contribution in [0.25, 0.3) is 0 Å². The van der Waals surface area contributed by atoms with Crippen molar-refractivity contribution in [1.82, 2.24) is 4.90 Å². The van der Waals surface area contributed by atoms with E-state index in [-0.39, 0.29) is 24.7 Å². The van der Waals surface area contributed by atoms with Crippen LogP contribution in [0.15, 0.2) is 24.3 Å². The second-order valence-electron chi connectivity index (χ2n) is 5.53. The lowest BCUT2D eigenvalue weighted by Gasteiger charge is -2.23. The molecule has 1 aromatic rings. The van der Waals surface area contributed by atoms with Gasteiger partial charge < -0.3 is 14.7 Å². The average molecular weight is 277 g/mol. The molecule has 1 amide bonds. The van der Waals surface area contributed by atoms with Crippen molar-refractivity contribution in [3.63, 3.8) is 0 Å². The molecule has 0 radical (unpaired) electrons. The van der Waals surface area contributed by atoms with Crippen LogP contribution in [-0.2, 0) is 11.3 Å². The monoisotopic (exact) mass is 277 g/mol. The van der Waals surface area contributed by atoms with Crippen LogP contribution < -0.4 is 0 Å². The van der Waals surface area contributed by atoms with Crippen molar-refractivity contribution in [3.8, 4) is 0 Å². The molecule has 4 nitrogen and oxygen atoms in total. The Labute approximate surface area is 120 Å². The number of hydrogen-bond acceptors (Lipinski definition) is 3. The number of benzene rings is 1. The Morgan fingerprint density at radius 2 is 2.10 bits per heavy atom. The molecule has 0 aliphatic carbocycles. The number of amides is 1. The van der Waals surface area contributed by atoms with Gasteiger partial charge in [-0.1, -0.05) is 12.1 Å². The molecule has 1 heterocycles. The second kappa shape index (κ2) is 6.86. The van der Waals surface area contributed by atoms with Crippen LogP contribution in [0.2, 0.25) is 0 Å². The van der Waals surface area contributed by atoms with Gasteiger partial charge in [-0.15, -0.1) is 0 Å². The van der Waals surface area contributed by atoms with Gasteiger partial charge in [0.2, 0.25) is 0 Å². The third kappa shape index (κ3) is 3.58. The Hall–Kier alpha value is -1.39. The van der Waals surface area contributed by atoms with Gasteiger partial charge in [0, 0.05) is 12.1 Å². The molecule has 20 heavy (non-hydrogen) atoms. The van der Waals surface area contributed by atoms with E-state index in [1.807, 2.05) is 38.1 Å². The van der Waals surface area contributed by atoms with Crippen molar-refractivity contribution in [2.24, 2.45) is 0 Å². The van der Waals surface area contributed by atoms with Gasteiger partial charge in [-0.2, -0.15) is 0 Å². The summed E-state index contributed by atoms with van der Waals surface area (Å²) in [6.45, 7) is 5.35. The molecule has 1 aromatic carbocycles. The molecular formula is C16H23NO3. The van der Waals surface area contributed by atoms with Crippen LogP contribution in [0.3, 0.4) is 0 Å². The summed E-state index contributed by atoms with van der Waals surface area (Å²) >= 11 is 0. The average Bonchev–Trinajstić information content (AvgIpc) is 2.93. The van der Waals surface area contributed by atoms with Crippen LogP contribution in [-0.4, -0.2) is 41.2 Å². The summed E-state index contributed by atoms with van der Waals surface area (Å²) < 4.78 is 5.53. The number of nitrogens with zero attached hydrogens (tertiary/aromatic N) is 1. The van der Waals surface area contributed by atoms with E-state index >= 15 is 0 Å². The van der Waals surface area contributed by atoms with E-state index in [1.165, 1.54) is 0 Å². The molecule has 110 valence electrons. The molecule has 1 aliphatic rings. The third-order valence-corrected chi connectivity index (χ3v) is 3.63. The highest BCUT2D eigenvalue weighted by Gasteiger charge is 2.28. The molecular weight excluding hydrogens is 254 g/mol. The topological polar surface area (TPSA) is 49.8 Å². The predicted molar refractivity (Wildman–Crippen MR) is 77.5 cm³/mol. The Bertz CT molecular complexity index is 442. The third-order valence-electron chi connectivity index (χ3n) is 3.63. The predicted octanol–water partition coefficient (Wildman–Crippen LogP) is 2.21. The van der Waals surface area contributed by atoms with Crippen LogP contribution >= 0.6 is 0 Å². The van der Waals surface area contributed by atoms with E-state index in [9.17, 15) is 9.90 Å². The first-order valence-corrected chi connectivity index (χ1v) is 7.24. The molecule has 4 heteroatoms. The second-order valence-corrected chi connectivity index (χ2v) is 5.53. The summed E-state index contributed by atoms with van der Waals surface area (Å²) in [5.41, 5.74) is 1.74. The lowest BCUT2D eigenvalue weighted by Crippen LogP contribution is -2.37. The summed E-state index contributed by atoms with van der Waals surface area (Å²) in [5.74, 6) is 0.0119. The van der Waals surface area contributed by atoms with E-state index in [1.54, 1.807) is 4.90 Å².